The average Bonchev–Trinajstić information content (AvgIpc) is 2.85. The molecule has 1 heterocycles. The van der Waals surface area contributed by atoms with E-state index >= 15 is 0 Å². The van der Waals surface area contributed by atoms with Crippen molar-refractivity contribution in [3.05, 3.63) is 30.5 Å². The molecule has 1 aromatic carbocycles. The van der Waals surface area contributed by atoms with Crippen LogP contribution in [0, 0.1) is 0 Å². The van der Waals surface area contributed by atoms with Crippen molar-refractivity contribution < 1.29 is 13.6 Å². The van der Waals surface area contributed by atoms with Crippen LogP contribution in [0.4, 0.5) is 0 Å². The van der Waals surface area contributed by atoms with Gasteiger partial charge in [-0.15, -0.1) is 0 Å². The second-order valence-corrected chi connectivity index (χ2v) is 11.7. The van der Waals surface area contributed by atoms with E-state index in [2.05, 4.69) is 33.9 Å². The molecule has 0 saturated carbocycles. The molecule has 0 aliphatic rings. The SMILES string of the molecule is CC(C)(C)[Si](C)(C)OCCCOc1cccc2occc12. The van der Waals surface area contributed by atoms with Crippen molar-refractivity contribution in [1.82, 2.24) is 0 Å². The highest BCUT2D eigenvalue weighted by molar-refractivity contribution is 6.74. The number of benzene rings is 1. The fourth-order valence-corrected chi connectivity index (χ4v) is 2.96. The maximum Gasteiger partial charge on any atom is 0.191 e. The molecule has 0 aliphatic carbocycles. The maximum atomic E-state index is 6.14. The van der Waals surface area contributed by atoms with Gasteiger partial charge in [-0.2, -0.15) is 0 Å². The molecule has 0 radical (unpaired) electrons. The summed E-state index contributed by atoms with van der Waals surface area (Å²) in [6.07, 6.45) is 2.60. The molecule has 0 N–H and O–H groups in total. The van der Waals surface area contributed by atoms with Crippen LogP contribution in [-0.4, -0.2) is 21.5 Å². The first-order chi connectivity index (χ1) is 9.81. The van der Waals surface area contributed by atoms with E-state index < -0.39 is 8.32 Å². The number of hydrogen-bond donors (Lipinski definition) is 0. The molecule has 0 spiro atoms. The first-order valence-electron chi connectivity index (χ1n) is 7.54. The second-order valence-electron chi connectivity index (χ2n) is 6.90. The molecule has 0 unspecified atom stereocenters. The second kappa shape index (κ2) is 6.24. The quantitative estimate of drug-likeness (QED) is 0.541. The standard InChI is InChI=1S/C17H26O3Si/c1-17(2,3)21(4,5)20-12-7-11-18-15-8-6-9-16-14(15)10-13-19-16/h6,8-10,13H,7,11-12H2,1-5H3. The van der Waals surface area contributed by atoms with Crippen LogP contribution < -0.4 is 4.74 Å². The Morgan fingerprint density at radius 3 is 2.57 bits per heavy atom. The van der Waals surface area contributed by atoms with Crippen molar-refractivity contribution in [2.24, 2.45) is 0 Å². The van der Waals surface area contributed by atoms with Gasteiger partial charge in [-0.3, -0.25) is 0 Å². The highest BCUT2D eigenvalue weighted by atomic mass is 28.4. The average molecular weight is 306 g/mol. The molecular formula is C17H26O3Si. The fourth-order valence-electron chi connectivity index (χ4n) is 1.88. The van der Waals surface area contributed by atoms with Crippen molar-refractivity contribution >= 4 is 19.3 Å². The number of rotatable bonds is 6. The van der Waals surface area contributed by atoms with Crippen LogP contribution in [0.1, 0.15) is 27.2 Å². The van der Waals surface area contributed by atoms with Crippen molar-refractivity contribution in [3.8, 4) is 5.75 Å². The number of fused-ring (bicyclic) bond motifs is 1. The molecule has 0 aliphatic heterocycles. The van der Waals surface area contributed by atoms with Crippen molar-refractivity contribution in [3.63, 3.8) is 0 Å². The highest BCUT2D eigenvalue weighted by Crippen LogP contribution is 2.36. The van der Waals surface area contributed by atoms with Crippen LogP contribution in [0.15, 0.2) is 34.9 Å². The first-order valence-corrected chi connectivity index (χ1v) is 10.4. The summed E-state index contributed by atoms with van der Waals surface area (Å²) in [5.41, 5.74) is 0.866. The Morgan fingerprint density at radius 2 is 1.86 bits per heavy atom. The summed E-state index contributed by atoms with van der Waals surface area (Å²) in [4.78, 5) is 0. The smallest absolute Gasteiger partial charge is 0.191 e. The maximum absolute atomic E-state index is 6.14. The summed E-state index contributed by atoms with van der Waals surface area (Å²) in [5.74, 6) is 0.883. The Morgan fingerprint density at radius 1 is 1.10 bits per heavy atom. The summed E-state index contributed by atoms with van der Waals surface area (Å²) in [6.45, 7) is 12.8. The summed E-state index contributed by atoms with van der Waals surface area (Å²) >= 11 is 0. The molecule has 3 nitrogen and oxygen atoms in total. The lowest BCUT2D eigenvalue weighted by molar-refractivity contribution is 0.235. The van der Waals surface area contributed by atoms with E-state index in [1.807, 2.05) is 24.3 Å². The van der Waals surface area contributed by atoms with E-state index in [9.17, 15) is 0 Å². The van der Waals surface area contributed by atoms with E-state index in [4.69, 9.17) is 13.6 Å². The van der Waals surface area contributed by atoms with Gasteiger partial charge < -0.3 is 13.6 Å². The number of hydrogen-bond acceptors (Lipinski definition) is 3. The predicted molar refractivity (Wildman–Crippen MR) is 89.5 cm³/mol. The van der Waals surface area contributed by atoms with Crippen LogP contribution in [0.5, 0.6) is 5.75 Å². The zero-order valence-electron chi connectivity index (χ0n) is 13.7. The van der Waals surface area contributed by atoms with E-state index in [0.29, 0.717) is 6.61 Å². The highest BCUT2D eigenvalue weighted by Gasteiger charge is 2.36. The lowest BCUT2D eigenvalue weighted by atomic mass is 10.2. The minimum atomic E-state index is -1.64. The molecule has 0 fully saturated rings. The minimum absolute atomic E-state index is 0.260. The monoisotopic (exact) mass is 306 g/mol. The molecule has 0 atom stereocenters. The van der Waals surface area contributed by atoms with Crippen LogP contribution in [0.25, 0.3) is 11.0 Å². The Kier molecular flexibility index (Phi) is 4.79. The normalized spacial score (nSPS) is 12.8. The topological polar surface area (TPSA) is 31.6 Å². The molecule has 1 aromatic heterocycles. The Balaban J connectivity index is 1.79. The molecule has 2 rings (SSSR count). The molecule has 2 aromatic rings. The van der Waals surface area contributed by atoms with Gasteiger partial charge in [0, 0.05) is 13.0 Å². The fraction of sp³-hybridized carbons (Fsp3) is 0.529. The minimum Gasteiger partial charge on any atom is -0.493 e. The third-order valence-electron chi connectivity index (χ3n) is 4.27. The molecule has 116 valence electrons. The summed E-state index contributed by atoms with van der Waals surface area (Å²) in [6, 6.07) is 7.82. The summed E-state index contributed by atoms with van der Waals surface area (Å²) < 4.78 is 17.4. The van der Waals surface area contributed by atoms with Gasteiger partial charge in [0.2, 0.25) is 0 Å². The molecule has 0 amide bonds. The third kappa shape index (κ3) is 3.89. The first kappa shape index (κ1) is 16.1. The zero-order valence-corrected chi connectivity index (χ0v) is 14.7. The Bertz CT molecular complexity index is 581. The van der Waals surface area contributed by atoms with Crippen LogP contribution in [0.2, 0.25) is 18.1 Å². The van der Waals surface area contributed by atoms with Crippen LogP contribution in [0.3, 0.4) is 0 Å². The molecule has 0 saturated heterocycles. The molecular weight excluding hydrogens is 280 g/mol. The van der Waals surface area contributed by atoms with Gasteiger partial charge >= 0.3 is 0 Å². The summed E-state index contributed by atoms with van der Waals surface area (Å²) in [7, 11) is -1.64. The van der Waals surface area contributed by atoms with Gasteiger partial charge in [0.1, 0.15) is 11.3 Å². The van der Waals surface area contributed by atoms with Gasteiger partial charge in [-0.25, -0.2) is 0 Å². The Labute approximate surface area is 128 Å². The van der Waals surface area contributed by atoms with Crippen LogP contribution in [-0.2, 0) is 4.43 Å². The van der Waals surface area contributed by atoms with E-state index in [1.165, 1.54) is 0 Å². The number of ether oxygens (including phenoxy) is 1. The molecule has 0 bridgehead atoms. The lowest BCUT2D eigenvalue weighted by Crippen LogP contribution is -2.41. The van der Waals surface area contributed by atoms with Crippen molar-refractivity contribution in [2.45, 2.75) is 45.3 Å². The lowest BCUT2D eigenvalue weighted by Gasteiger charge is -2.36. The van der Waals surface area contributed by atoms with Crippen molar-refractivity contribution in [2.75, 3.05) is 13.2 Å². The van der Waals surface area contributed by atoms with Crippen molar-refractivity contribution in [1.29, 1.82) is 0 Å². The molecule has 21 heavy (non-hydrogen) atoms. The van der Waals surface area contributed by atoms with Gasteiger partial charge in [0.15, 0.2) is 8.32 Å². The van der Waals surface area contributed by atoms with E-state index in [0.717, 1.165) is 29.7 Å². The van der Waals surface area contributed by atoms with E-state index in [1.54, 1.807) is 6.26 Å². The van der Waals surface area contributed by atoms with Crippen LogP contribution >= 0.6 is 0 Å². The number of furan rings is 1. The van der Waals surface area contributed by atoms with Gasteiger partial charge in [-0.1, -0.05) is 26.8 Å². The zero-order chi connectivity index (χ0) is 15.5. The third-order valence-corrected chi connectivity index (χ3v) is 8.81. The molecule has 4 heteroatoms. The predicted octanol–water partition coefficient (Wildman–Crippen LogP) is 5.22. The van der Waals surface area contributed by atoms with Gasteiger partial charge in [0.05, 0.1) is 18.3 Å². The van der Waals surface area contributed by atoms with Gasteiger partial charge in [-0.05, 0) is 36.3 Å². The largest absolute Gasteiger partial charge is 0.493 e. The van der Waals surface area contributed by atoms with E-state index in [-0.39, 0.29) is 5.04 Å². The van der Waals surface area contributed by atoms with Gasteiger partial charge in [0.25, 0.3) is 0 Å². The Hall–Kier alpha value is -1.26. The summed E-state index contributed by atoms with van der Waals surface area (Å²) in [5, 5.41) is 1.29.